The molecule has 96 valence electrons. The number of hydrogen-bond acceptors (Lipinski definition) is 6. The molecule has 18 heavy (non-hydrogen) atoms. The zero-order valence-electron chi connectivity index (χ0n) is 9.78. The number of nitrogens with zero attached hydrogens (tertiary/aromatic N) is 1. The van der Waals surface area contributed by atoms with Gasteiger partial charge in [0.2, 0.25) is 6.10 Å². The van der Waals surface area contributed by atoms with Crippen LogP contribution in [-0.4, -0.2) is 20.6 Å². The highest BCUT2D eigenvalue weighted by Crippen LogP contribution is 2.22. The minimum absolute atomic E-state index is 0.0578. The molecule has 1 rings (SSSR count). The van der Waals surface area contributed by atoms with Crippen LogP contribution in [0.25, 0.3) is 0 Å². The second-order valence-corrected chi connectivity index (χ2v) is 5.05. The number of benzene rings is 1. The molecule has 1 aromatic carbocycles. The predicted octanol–water partition coefficient (Wildman–Crippen LogP) is 1.15. The van der Waals surface area contributed by atoms with Gasteiger partial charge in [-0.2, -0.15) is 13.7 Å². The van der Waals surface area contributed by atoms with E-state index in [1.165, 1.54) is 31.2 Å². The molecule has 0 saturated heterocycles. The number of carbonyl (C=O) groups is 1. The van der Waals surface area contributed by atoms with Crippen LogP contribution in [0.2, 0.25) is 0 Å². The topological polar surface area (TPSA) is 93.5 Å². The third-order valence-corrected chi connectivity index (χ3v) is 2.30. The van der Waals surface area contributed by atoms with Crippen LogP contribution in [0.4, 0.5) is 0 Å². The van der Waals surface area contributed by atoms with Crippen molar-refractivity contribution in [3.8, 4) is 11.8 Å². The standard InChI is InChI=1S/C11H11NO5S/c1-8(13)16-11(7-12)9-4-3-5-10(6-9)17-18(2,14)15/h3-6,11H,1-2H3. The van der Waals surface area contributed by atoms with Crippen molar-refractivity contribution in [1.82, 2.24) is 0 Å². The Morgan fingerprint density at radius 1 is 1.44 bits per heavy atom. The molecule has 6 nitrogen and oxygen atoms in total. The van der Waals surface area contributed by atoms with Gasteiger partial charge in [0.1, 0.15) is 11.8 Å². The fourth-order valence-electron chi connectivity index (χ4n) is 1.24. The van der Waals surface area contributed by atoms with E-state index in [0.717, 1.165) is 6.26 Å². The molecule has 0 radical (unpaired) electrons. The van der Waals surface area contributed by atoms with Crippen LogP contribution in [0.1, 0.15) is 18.6 Å². The first-order valence-corrected chi connectivity index (χ1v) is 6.70. The van der Waals surface area contributed by atoms with E-state index in [2.05, 4.69) is 4.18 Å². The van der Waals surface area contributed by atoms with Crippen molar-refractivity contribution < 1.29 is 22.1 Å². The van der Waals surface area contributed by atoms with E-state index in [9.17, 15) is 13.2 Å². The third kappa shape index (κ3) is 4.43. The monoisotopic (exact) mass is 269 g/mol. The largest absolute Gasteiger partial charge is 0.442 e. The lowest BCUT2D eigenvalue weighted by Crippen LogP contribution is -2.08. The number of esters is 1. The molecule has 7 heteroatoms. The van der Waals surface area contributed by atoms with Crippen LogP contribution in [0.15, 0.2) is 24.3 Å². The summed E-state index contributed by atoms with van der Waals surface area (Å²) in [7, 11) is -3.64. The summed E-state index contributed by atoms with van der Waals surface area (Å²) in [5, 5.41) is 8.87. The van der Waals surface area contributed by atoms with Gasteiger partial charge in [0, 0.05) is 12.5 Å². The van der Waals surface area contributed by atoms with Crippen LogP contribution in [-0.2, 0) is 19.6 Å². The zero-order chi connectivity index (χ0) is 13.8. The highest BCUT2D eigenvalue weighted by atomic mass is 32.2. The summed E-state index contributed by atoms with van der Waals surface area (Å²) in [6, 6.07) is 7.58. The Kier molecular flexibility index (Phi) is 4.28. The number of hydrogen-bond donors (Lipinski definition) is 0. The minimum atomic E-state index is -3.64. The SMILES string of the molecule is CC(=O)OC(C#N)c1cccc(OS(C)(=O)=O)c1. The van der Waals surface area contributed by atoms with Crippen molar-refractivity contribution in [2.24, 2.45) is 0 Å². The summed E-state index contributed by atoms with van der Waals surface area (Å²) < 4.78 is 31.3. The lowest BCUT2D eigenvalue weighted by molar-refractivity contribution is -0.144. The van der Waals surface area contributed by atoms with Gasteiger partial charge in [-0.3, -0.25) is 4.79 Å². The van der Waals surface area contributed by atoms with Gasteiger partial charge in [-0.25, -0.2) is 0 Å². The predicted molar refractivity (Wildman–Crippen MR) is 62.0 cm³/mol. The summed E-state index contributed by atoms with van der Waals surface area (Å²) in [4.78, 5) is 10.8. The molecule has 0 N–H and O–H groups in total. The fraction of sp³-hybridized carbons (Fsp3) is 0.273. The second-order valence-electron chi connectivity index (χ2n) is 3.48. The first-order valence-electron chi connectivity index (χ1n) is 4.88. The molecule has 0 spiro atoms. The Balaban J connectivity index is 3.00. The maximum Gasteiger partial charge on any atom is 0.306 e. The molecule has 1 aromatic rings. The summed E-state index contributed by atoms with van der Waals surface area (Å²) >= 11 is 0. The van der Waals surface area contributed by atoms with Crippen LogP contribution in [0.5, 0.6) is 5.75 Å². The van der Waals surface area contributed by atoms with Crippen LogP contribution in [0.3, 0.4) is 0 Å². The molecule has 0 aliphatic carbocycles. The Hall–Kier alpha value is -2.07. The van der Waals surface area contributed by atoms with Gasteiger partial charge in [0.05, 0.1) is 6.26 Å². The Morgan fingerprint density at radius 2 is 2.11 bits per heavy atom. The Morgan fingerprint density at radius 3 is 2.61 bits per heavy atom. The quantitative estimate of drug-likeness (QED) is 0.601. The summed E-state index contributed by atoms with van der Waals surface area (Å²) in [5.74, 6) is -0.543. The number of carbonyl (C=O) groups excluding carboxylic acids is 1. The van der Waals surface area contributed by atoms with Gasteiger partial charge >= 0.3 is 16.1 Å². The van der Waals surface area contributed by atoms with Crippen LogP contribution >= 0.6 is 0 Å². The fourth-order valence-corrected chi connectivity index (χ4v) is 1.69. The van der Waals surface area contributed by atoms with Gasteiger partial charge in [-0.05, 0) is 12.1 Å². The van der Waals surface area contributed by atoms with E-state index < -0.39 is 22.2 Å². The van der Waals surface area contributed by atoms with Crippen molar-refractivity contribution in [1.29, 1.82) is 5.26 Å². The molecular weight excluding hydrogens is 258 g/mol. The molecule has 1 atom stereocenters. The van der Waals surface area contributed by atoms with E-state index in [-0.39, 0.29) is 5.75 Å². The van der Waals surface area contributed by atoms with E-state index in [4.69, 9.17) is 10.00 Å². The number of rotatable bonds is 4. The first kappa shape index (κ1) is 14.0. The van der Waals surface area contributed by atoms with Crippen molar-refractivity contribution >= 4 is 16.1 Å². The summed E-state index contributed by atoms with van der Waals surface area (Å²) in [6.45, 7) is 1.18. The zero-order valence-corrected chi connectivity index (χ0v) is 10.6. The second kappa shape index (κ2) is 5.51. The summed E-state index contributed by atoms with van der Waals surface area (Å²) in [6.07, 6.45) is -0.182. The lowest BCUT2D eigenvalue weighted by Gasteiger charge is -2.10. The summed E-state index contributed by atoms with van der Waals surface area (Å²) in [5.41, 5.74) is 0.342. The van der Waals surface area contributed by atoms with Gasteiger partial charge in [-0.15, -0.1) is 0 Å². The smallest absolute Gasteiger partial charge is 0.306 e. The van der Waals surface area contributed by atoms with E-state index in [1.54, 1.807) is 6.07 Å². The molecule has 0 aromatic heterocycles. The highest BCUT2D eigenvalue weighted by molar-refractivity contribution is 7.86. The first-order chi connectivity index (χ1) is 8.31. The molecule has 0 aliphatic rings. The van der Waals surface area contributed by atoms with Crippen LogP contribution < -0.4 is 4.18 Å². The van der Waals surface area contributed by atoms with Crippen molar-refractivity contribution in [3.63, 3.8) is 0 Å². The van der Waals surface area contributed by atoms with Gasteiger partial charge in [0.15, 0.2) is 0 Å². The normalized spacial score (nSPS) is 12.3. The lowest BCUT2D eigenvalue weighted by atomic mass is 10.1. The van der Waals surface area contributed by atoms with E-state index >= 15 is 0 Å². The number of nitriles is 1. The van der Waals surface area contributed by atoms with Crippen molar-refractivity contribution in [3.05, 3.63) is 29.8 Å². The highest BCUT2D eigenvalue weighted by Gasteiger charge is 2.15. The maximum atomic E-state index is 11.0. The molecular formula is C11H11NO5S. The molecule has 0 amide bonds. The average molecular weight is 269 g/mol. The molecule has 1 unspecified atom stereocenters. The van der Waals surface area contributed by atoms with Crippen molar-refractivity contribution in [2.45, 2.75) is 13.0 Å². The molecule has 0 heterocycles. The van der Waals surface area contributed by atoms with E-state index in [1.807, 2.05) is 0 Å². The molecule has 0 aliphatic heterocycles. The third-order valence-electron chi connectivity index (χ3n) is 1.81. The molecule has 0 saturated carbocycles. The van der Waals surface area contributed by atoms with E-state index in [0.29, 0.717) is 5.56 Å². The minimum Gasteiger partial charge on any atom is -0.442 e. The van der Waals surface area contributed by atoms with Crippen LogP contribution in [0, 0.1) is 11.3 Å². The molecule has 0 bridgehead atoms. The van der Waals surface area contributed by atoms with Gasteiger partial charge in [-0.1, -0.05) is 12.1 Å². The van der Waals surface area contributed by atoms with Gasteiger partial charge < -0.3 is 8.92 Å². The molecule has 0 fully saturated rings. The maximum absolute atomic E-state index is 11.0. The Labute approximate surface area is 105 Å². The van der Waals surface area contributed by atoms with Gasteiger partial charge in [0.25, 0.3) is 0 Å². The number of ether oxygens (including phenoxy) is 1. The Bertz CT molecular complexity index is 588. The average Bonchev–Trinajstić information content (AvgIpc) is 2.23. The van der Waals surface area contributed by atoms with Crippen molar-refractivity contribution in [2.75, 3.05) is 6.26 Å².